The van der Waals surface area contributed by atoms with E-state index in [2.05, 4.69) is 36.2 Å². The van der Waals surface area contributed by atoms with Crippen molar-refractivity contribution in [3.8, 4) is 0 Å². The molecule has 110 valence electrons. The second-order valence-corrected chi connectivity index (χ2v) is 5.66. The summed E-state index contributed by atoms with van der Waals surface area (Å²) in [6.45, 7) is 2.29. The molecule has 0 saturated heterocycles. The van der Waals surface area contributed by atoms with Gasteiger partial charge in [0, 0.05) is 24.3 Å². The van der Waals surface area contributed by atoms with E-state index in [0.717, 1.165) is 11.5 Å². The fraction of sp³-hybridized carbons (Fsp3) is 0.562. The van der Waals surface area contributed by atoms with Gasteiger partial charge in [0.15, 0.2) is 5.84 Å². The summed E-state index contributed by atoms with van der Waals surface area (Å²) >= 11 is 0. The lowest BCUT2D eigenvalue weighted by molar-refractivity contribution is 0.292. The molecule has 2 atom stereocenters. The molecular weight excluding hydrogens is 250 g/mol. The third-order valence-electron chi connectivity index (χ3n) is 4.57. The highest BCUT2D eigenvalue weighted by Gasteiger charge is 2.27. The Morgan fingerprint density at radius 3 is 2.55 bits per heavy atom. The summed E-state index contributed by atoms with van der Waals surface area (Å²) in [6, 6.07) is 8.54. The lowest BCUT2D eigenvalue weighted by Crippen LogP contribution is -2.40. The number of anilines is 1. The molecule has 0 aromatic heterocycles. The summed E-state index contributed by atoms with van der Waals surface area (Å²) in [4.78, 5) is 2.39. The van der Waals surface area contributed by atoms with Gasteiger partial charge in [-0.25, -0.2) is 0 Å². The molecule has 3 N–H and O–H groups in total. The summed E-state index contributed by atoms with van der Waals surface area (Å²) in [6.07, 6.45) is 6.56. The van der Waals surface area contributed by atoms with Crippen LogP contribution in [-0.4, -0.2) is 24.1 Å². The average molecular weight is 275 g/mol. The van der Waals surface area contributed by atoms with E-state index >= 15 is 0 Å². The molecular formula is C16H25N3O. The van der Waals surface area contributed by atoms with Crippen molar-refractivity contribution in [2.75, 3.05) is 11.9 Å². The molecule has 2 rings (SSSR count). The molecule has 0 amide bonds. The van der Waals surface area contributed by atoms with Gasteiger partial charge in [-0.1, -0.05) is 31.3 Å². The molecule has 4 nitrogen and oxygen atoms in total. The number of amidine groups is 1. The predicted octanol–water partition coefficient (Wildman–Crippen LogP) is 3.19. The Kier molecular flexibility index (Phi) is 4.88. The topological polar surface area (TPSA) is 61.8 Å². The van der Waals surface area contributed by atoms with Crippen LogP contribution in [0.15, 0.2) is 29.4 Å². The molecule has 0 aliphatic heterocycles. The van der Waals surface area contributed by atoms with Gasteiger partial charge in [0.2, 0.25) is 0 Å². The number of rotatable bonds is 4. The van der Waals surface area contributed by atoms with Gasteiger partial charge in [-0.2, -0.15) is 0 Å². The first kappa shape index (κ1) is 14.7. The van der Waals surface area contributed by atoms with E-state index < -0.39 is 0 Å². The SMILES string of the molecule is CCC1CCCCC1N(C)c1ccc(C(N)=NO)cc1. The summed E-state index contributed by atoms with van der Waals surface area (Å²) in [5.74, 6) is 0.945. The number of nitrogens with zero attached hydrogens (tertiary/aromatic N) is 2. The largest absolute Gasteiger partial charge is 0.409 e. The monoisotopic (exact) mass is 275 g/mol. The Morgan fingerprint density at radius 2 is 1.95 bits per heavy atom. The minimum Gasteiger partial charge on any atom is -0.409 e. The molecule has 2 unspecified atom stereocenters. The van der Waals surface area contributed by atoms with E-state index in [0.29, 0.717) is 6.04 Å². The van der Waals surface area contributed by atoms with E-state index in [1.54, 1.807) is 0 Å². The Morgan fingerprint density at radius 1 is 1.30 bits per heavy atom. The van der Waals surface area contributed by atoms with Gasteiger partial charge in [-0.3, -0.25) is 0 Å². The summed E-state index contributed by atoms with van der Waals surface area (Å²) in [5, 5.41) is 11.7. The fourth-order valence-corrected chi connectivity index (χ4v) is 3.29. The molecule has 1 saturated carbocycles. The molecule has 4 heteroatoms. The van der Waals surface area contributed by atoms with Crippen molar-refractivity contribution in [2.45, 2.75) is 45.1 Å². The van der Waals surface area contributed by atoms with Crippen molar-refractivity contribution >= 4 is 11.5 Å². The van der Waals surface area contributed by atoms with Crippen molar-refractivity contribution in [1.82, 2.24) is 0 Å². The first-order valence-corrected chi connectivity index (χ1v) is 7.48. The summed E-state index contributed by atoms with van der Waals surface area (Å²) < 4.78 is 0. The van der Waals surface area contributed by atoms with Gasteiger partial charge in [0.1, 0.15) is 0 Å². The van der Waals surface area contributed by atoms with Crippen LogP contribution in [-0.2, 0) is 0 Å². The van der Waals surface area contributed by atoms with E-state index in [4.69, 9.17) is 10.9 Å². The first-order chi connectivity index (χ1) is 9.67. The molecule has 0 bridgehead atoms. The zero-order valence-corrected chi connectivity index (χ0v) is 12.4. The zero-order valence-electron chi connectivity index (χ0n) is 12.4. The van der Waals surface area contributed by atoms with Gasteiger partial charge in [-0.15, -0.1) is 0 Å². The standard InChI is InChI=1S/C16H25N3O/c1-3-12-6-4-5-7-15(12)19(2)14-10-8-13(9-11-14)16(17)18-20/h8-12,15,20H,3-7H2,1-2H3,(H2,17,18). The molecule has 1 aromatic carbocycles. The third kappa shape index (κ3) is 3.06. The number of hydrogen-bond donors (Lipinski definition) is 2. The smallest absolute Gasteiger partial charge is 0.170 e. The van der Waals surface area contributed by atoms with Crippen LogP contribution in [0.25, 0.3) is 0 Å². The fourth-order valence-electron chi connectivity index (χ4n) is 3.29. The quantitative estimate of drug-likeness (QED) is 0.384. The second-order valence-electron chi connectivity index (χ2n) is 5.66. The molecule has 1 aromatic rings. The van der Waals surface area contributed by atoms with Crippen LogP contribution in [0, 0.1) is 5.92 Å². The van der Waals surface area contributed by atoms with Crippen molar-refractivity contribution in [1.29, 1.82) is 0 Å². The van der Waals surface area contributed by atoms with Crippen LogP contribution in [0.2, 0.25) is 0 Å². The maximum Gasteiger partial charge on any atom is 0.170 e. The van der Waals surface area contributed by atoms with Gasteiger partial charge in [0.25, 0.3) is 0 Å². The third-order valence-corrected chi connectivity index (χ3v) is 4.57. The summed E-state index contributed by atoms with van der Waals surface area (Å²) in [7, 11) is 2.18. The lowest BCUT2D eigenvalue weighted by Gasteiger charge is -2.39. The number of hydrogen-bond acceptors (Lipinski definition) is 3. The van der Waals surface area contributed by atoms with Crippen molar-refractivity contribution in [3.05, 3.63) is 29.8 Å². The normalized spacial score (nSPS) is 23.6. The number of oxime groups is 1. The van der Waals surface area contributed by atoms with Crippen LogP contribution in [0.3, 0.4) is 0 Å². The van der Waals surface area contributed by atoms with Crippen molar-refractivity contribution < 1.29 is 5.21 Å². The molecule has 20 heavy (non-hydrogen) atoms. The van der Waals surface area contributed by atoms with E-state index in [-0.39, 0.29) is 5.84 Å². The molecule has 1 aliphatic carbocycles. The number of benzene rings is 1. The minimum absolute atomic E-state index is 0.156. The molecule has 0 spiro atoms. The second kappa shape index (κ2) is 6.64. The molecule has 1 aliphatic rings. The van der Waals surface area contributed by atoms with Crippen LogP contribution in [0.4, 0.5) is 5.69 Å². The minimum atomic E-state index is 0.156. The Hall–Kier alpha value is -1.71. The van der Waals surface area contributed by atoms with Gasteiger partial charge < -0.3 is 15.8 Å². The lowest BCUT2D eigenvalue weighted by atomic mass is 9.82. The number of nitrogens with two attached hydrogens (primary N) is 1. The van der Waals surface area contributed by atoms with Crippen molar-refractivity contribution in [3.63, 3.8) is 0 Å². The van der Waals surface area contributed by atoms with Crippen LogP contribution in [0.5, 0.6) is 0 Å². The molecule has 0 heterocycles. The van der Waals surface area contributed by atoms with Gasteiger partial charge in [0.05, 0.1) is 0 Å². The van der Waals surface area contributed by atoms with Gasteiger partial charge in [-0.05, 0) is 43.0 Å². The Labute approximate surface area is 121 Å². The van der Waals surface area contributed by atoms with E-state index in [1.807, 2.05) is 12.1 Å². The summed E-state index contributed by atoms with van der Waals surface area (Å²) in [5.41, 5.74) is 7.54. The Bertz CT molecular complexity index is 455. The van der Waals surface area contributed by atoms with E-state index in [1.165, 1.54) is 37.8 Å². The molecule has 0 radical (unpaired) electrons. The van der Waals surface area contributed by atoms with Gasteiger partial charge >= 0.3 is 0 Å². The average Bonchev–Trinajstić information content (AvgIpc) is 2.53. The maximum absolute atomic E-state index is 8.69. The highest BCUT2D eigenvalue weighted by atomic mass is 16.4. The Balaban J connectivity index is 2.13. The molecule has 1 fully saturated rings. The van der Waals surface area contributed by atoms with Crippen LogP contribution in [0.1, 0.15) is 44.6 Å². The van der Waals surface area contributed by atoms with Crippen LogP contribution >= 0.6 is 0 Å². The predicted molar refractivity (Wildman–Crippen MR) is 83.4 cm³/mol. The van der Waals surface area contributed by atoms with Crippen LogP contribution < -0.4 is 10.6 Å². The highest BCUT2D eigenvalue weighted by Crippen LogP contribution is 2.32. The van der Waals surface area contributed by atoms with E-state index in [9.17, 15) is 0 Å². The maximum atomic E-state index is 8.69. The first-order valence-electron chi connectivity index (χ1n) is 7.48. The highest BCUT2D eigenvalue weighted by molar-refractivity contribution is 5.97. The zero-order chi connectivity index (χ0) is 14.5. The van der Waals surface area contributed by atoms with Crippen molar-refractivity contribution in [2.24, 2.45) is 16.8 Å².